The third-order valence-electron chi connectivity index (χ3n) is 4.37. The van der Waals surface area contributed by atoms with E-state index in [1.165, 1.54) is 6.08 Å². The lowest BCUT2D eigenvalue weighted by Gasteiger charge is -2.17. The molecule has 0 aliphatic heterocycles. The molecule has 2 aromatic carbocycles. The summed E-state index contributed by atoms with van der Waals surface area (Å²) in [4.78, 5) is 12.5. The number of hydrogen-bond acceptors (Lipinski definition) is 4. The summed E-state index contributed by atoms with van der Waals surface area (Å²) < 4.78 is 5.85. The van der Waals surface area contributed by atoms with E-state index < -0.39 is 0 Å². The molecular formula is C23H29NO3. The van der Waals surface area contributed by atoms with Gasteiger partial charge in [-0.05, 0) is 73.4 Å². The van der Waals surface area contributed by atoms with Crippen LogP contribution in [0.1, 0.15) is 60.7 Å². The van der Waals surface area contributed by atoms with Gasteiger partial charge in [0.2, 0.25) is 0 Å². The van der Waals surface area contributed by atoms with Crippen LogP contribution >= 0.6 is 0 Å². The molecule has 0 aliphatic carbocycles. The van der Waals surface area contributed by atoms with Crippen molar-refractivity contribution in [3.63, 3.8) is 0 Å². The molecule has 2 aromatic rings. The van der Waals surface area contributed by atoms with E-state index in [1.54, 1.807) is 30.3 Å². The van der Waals surface area contributed by atoms with Crippen LogP contribution in [0, 0.1) is 0 Å². The number of allylic oxidation sites excluding steroid dienone is 1. The summed E-state index contributed by atoms with van der Waals surface area (Å²) >= 11 is 0. The number of hydrogen-bond donors (Lipinski definition) is 2. The molecule has 27 heavy (non-hydrogen) atoms. The number of aromatic hydroxyl groups is 1. The number of nitrogens with two attached hydrogens (primary N) is 1. The van der Waals surface area contributed by atoms with Gasteiger partial charge in [0.1, 0.15) is 11.5 Å². The molecule has 0 heterocycles. The van der Waals surface area contributed by atoms with Gasteiger partial charge < -0.3 is 15.6 Å². The molecule has 0 radical (unpaired) electrons. The number of anilines is 1. The molecule has 0 saturated heterocycles. The Kier molecular flexibility index (Phi) is 7.47. The van der Waals surface area contributed by atoms with E-state index >= 15 is 0 Å². The maximum absolute atomic E-state index is 12.5. The number of phenolic OH excluding ortho intramolecular Hbond substituents is 1. The number of aryl methyl sites for hydroxylation is 2. The van der Waals surface area contributed by atoms with Crippen molar-refractivity contribution in [2.24, 2.45) is 0 Å². The van der Waals surface area contributed by atoms with E-state index in [9.17, 15) is 9.90 Å². The Morgan fingerprint density at radius 3 is 2.30 bits per heavy atom. The standard InChI is InChI=1S/C23H29NO3/c1-4-7-17-15-18(8-5-2)23(27-6-3)20(22(17)26)13-14-21(25)16-9-11-19(24)12-10-16/h9-15,26H,4-8,24H2,1-3H3/b14-13+. The summed E-state index contributed by atoms with van der Waals surface area (Å²) in [6, 6.07) is 8.83. The topological polar surface area (TPSA) is 72.5 Å². The highest BCUT2D eigenvalue weighted by molar-refractivity contribution is 6.07. The molecule has 0 unspecified atom stereocenters. The Labute approximate surface area is 161 Å². The van der Waals surface area contributed by atoms with Gasteiger partial charge in [-0.1, -0.05) is 26.7 Å². The smallest absolute Gasteiger partial charge is 0.185 e. The van der Waals surface area contributed by atoms with E-state index in [-0.39, 0.29) is 11.5 Å². The Morgan fingerprint density at radius 2 is 1.70 bits per heavy atom. The minimum atomic E-state index is -0.144. The molecule has 4 nitrogen and oxygen atoms in total. The first-order valence-electron chi connectivity index (χ1n) is 9.60. The predicted molar refractivity (Wildman–Crippen MR) is 111 cm³/mol. The number of nitrogen functional groups attached to an aromatic ring is 1. The van der Waals surface area contributed by atoms with E-state index in [0.717, 1.165) is 36.8 Å². The number of benzene rings is 2. The second-order valence-electron chi connectivity index (χ2n) is 6.54. The van der Waals surface area contributed by atoms with E-state index in [0.29, 0.717) is 29.2 Å². The zero-order valence-electron chi connectivity index (χ0n) is 16.4. The van der Waals surface area contributed by atoms with Gasteiger partial charge in [0, 0.05) is 11.3 Å². The van der Waals surface area contributed by atoms with Gasteiger partial charge in [-0.15, -0.1) is 0 Å². The fourth-order valence-electron chi connectivity index (χ4n) is 3.08. The average Bonchev–Trinajstić information content (AvgIpc) is 2.65. The molecule has 0 aliphatic rings. The van der Waals surface area contributed by atoms with Gasteiger partial charge in [0.15, 0.2) is 5.78 Å². The zero-order chi connectivity index (χ0) is 19.8. The summed E-state index contributed by atoms with van der Waals surface area (Å²) in [5.41, 5.74) is 9.38. The summed E-state index contributed by atoms with van der Waals surface area (Å²) in [6.07, 6.45) is 6.69. The molecule has 0 spiro atoms. The molecular weight excluding hydrogens is 338 g/mol. The largest absolute Gasteiger partial charge is 0.507 e. The Balaban J connectivity index is 2.48. The van der Waals surface area contributed by atoms with Crippen molar-refractivity contribution < 1.29 is 14.6 Å². The molecule has 144 valence electrons. The fraction of sp³-hybridized carbons (Fsp3) is 0.348. The van der Waals surface area contributed by atoms with Crippen LogP contribution in [0.3, 0.4) is 0 Å². The van der Waals surface area contributed by atoms with Gasteiger partial charge in [-0.25, -0.2) is 0 Å². The first-order valence-corrected chi connectivity index (χ1v) is 9.60. The second kappa shape index (κ2) is 9.81. The predicted octanol–water partition coefficient (Wildman–Crippen LogP) is 5.17. The number of ether oxygens (including phenoxy) is 1. The summed E-state index contributed by atoms with van der Waals surface area (Å²) in [5.74, 6) is 0.717. The van der Waals surface area contributed by atoms with Gasteiger partial charge in [-0.2, -0.15) is 0 Å². The van der Waals surface area contributed by atoms with Gasteiger partial charge >= 0.3 is 0 Å². The van der Waals surface area contributed by atoms with Crippen LogP contribution in [0.15, 0.2) is 36.4 Å². The first-order chi connectivity index (χ1) is 13.0. The Bertz CT molecular complexity index is 807. The van der Waals surface area contributed by atoms with Crippen LogP contribution in [0.25, 0.3) is 6.08 Å². The third-order valence-corrected chi connectivity index (χ3v) is 4.37. The van der Waals surface area contributed by atoms with Crippen molar-refractivity contribution in [2.45, 2.75) is 46.5 Å². The second-order valence-corrected chi connectivity index (χ2v) is 6.54. The number of rotatable bonds is 9. The van der Waals surface area contributed by atoms with Gasteiger partial charge in [0.25, 0.3) is 0 Å². The first kappa shape index (κ1) is 20.6. The highest BCUT2D eigenvalue weighted by Crippen LogP contribution is 2.37. The monoisotopic (exact) mass is 367 g/mol. The number of ketones is 1. The minimum Gasteiger partial charge on any atom is -0.507 e. The Hall–Kier alpha value is -2.75. The third kappa shape index (κ3) is 5.13. The van der Waals surface area contributed by atoms with Gasteiger partial charge in [-0.3, -0.25) is 4.79 Å². The molecule has 0 bridgehead atoms. The van der Waals surface area contributed by atoms with Crippen LogP contribution < -0.4 is 10.5 Å². The van der Waals surface area contributed by atoms with Crippen LogP contribution in [0.5, 0.6) is 11.5 Å². The Morgan fingerprint density at radius 1 is 1.07 bits per heavy atom. The minimum absolute atomic E-state index is 0.144. The lowest BCUT2D eigenvalue weighted by Crippen LogP contribution is -2.02. The van der Waals surface area contributed by atoms with Crippen LogP contribution in [0.2, 0.25) is 0 Å². The van der Waals surface area contributed by atoms with Crippen LogP contribution in [-0.2, 0) is 12.8 Å². The lowest BCUT2D eigenvalue weighted by molar-refractivity contribution is 0.104. The normalized spacial score (nSPS) is 11.1. The van der Waals surface area contributed by atoms with Gasteiger partial charge in [0.05, 0.1) is 12.2 Å². The fourth-order valence-corrected chi connectivity index (χ4v) is 3.08. The van der Waals surface area contributed by atoms with Crippen molar-refractivity contribution in [1.29, 1.82) is 0 Å². The van der Waals surface area contributed by atoms with Crippen LogP contribution in [0.4, 0.5) is 5.69 Å². The van der Waals surface area contributed by atoms with Crippen molar-refractivity contribution in [3.05, 3.63) is 58.7 Å². The summed E-state index contributed by atoms with van der Waals surface area (Å²) in [5, 5.41) is 10.8. The van der Waals surface area contributed by atoms with E-state index in [1.807, 2.05) is 13.0 Å². The van der Waals surface area contributed by atoms with E-state index in [4.69, 9.17) is 10.5 Å². The SMILES string of the molecule is CCCc1cc(CCC)c(OCC)c(/C=C/C(=O)c2ccc(N)cc2)c1O. The molecule has 0 amide bonds. The summed E-state index contributed by atoms with van der Waals surface area (Å²) in [6.45, 7) is 6.60. The average molecular weight is 367 g/mol. The lowest BCUT2D eigenvalue weighted by atomic mass is 9.96. The number of phenols is 1. The molecule has 2 rings (SSSR count). The van der Waals surface area contributed by atoms with Crippen molar-refractivity contribution in [3.8, 4) is 11.5 Å². The molecule has 0 fully saturated rings. The maximum atomic E-state index is 12.5. The highest BCUT2D eigenvalue weighted by atomic mass is 16.5. The van der Waals surface area contributed by atoms with E-state index in [2.05, 4.69) is 13.8 Å². The molecule has 0 aromatic heterocycles. The van der Waals surface area contributed by atoms with Crippen LogP contribution in [-0.4, -0.2) is 17.5 Å². The number of carbonyl (C=O) groups is 1. The molecule has 3 N–H and O–H groups in total. The molecule has 0 atom stereocenters. The highest BCUT2D eigenvalue weighted by Gasteiger charge is 2.17. The zero-order valence-corrected chi connectivity index (χ0v) is 16.4. The maximum Gasteiger partial charge on any atom is 0.185 e. The van der Waals surface area contributed by atoms with Crippen molar-refractivity contribution >= 4 is 17.5 Å². The van der Waals surface area contributed by atoms with Crippen molar-refractivity contribution in [1.82, 2.24) is 0 Å². The number of carbonyl (C=O) groups excluding carboxylic acids is 1. The summed E-state index contributed by atoms with van der Waals surface area (Å²) in [7, 11) is 0. The van der Waals surface area contributed by atoms with Crippen molar-refractivity contribution in [2.75, 3.05) is 12.3 Å². The molecule has 0 saturated carbocycles. The molecule has 4 heteroatoms. The quantitative estimate of drug-likeness (QED) is 0.364.